The van der Waals surface area contributed by atoms with E-state index >= 15 is 0 Å². The Labute approximate surface area is 132 Å². The maximum absolute atomic E-state index is 12.4. The highest BCUT2D eigenvalue weighted by molar-refractivity contribution is 7.89. The molecule has 0 fully saturated rings. The molecule has 0 amide bonds. The maximum Gasteiger partial charge on any atom is 0.304 e. The number of benzene rings is 1. The number of carboxylic acid groups (broad SMARTS) is 1. The lowest BCUT2D eigenvalue weighted by Gasteiger charge is -2.21. The molecule has 112 valence electrons. The number of hydrogen-bond acceptors (Lipinski definition) is 3. The van der Waals surface area contributed by atoms with E-state index in [-0.39, 0.29) is 39.5 Å². The third kappa shape index (κ3) is 3.99. The van der Waals surface area contributed by atoms with Crippen molar-refractivity contribution in [2.24, 2.45) is 0 Å². The first-order valence-corrected chi connectivity index (χ1v) is 8.14. The van der Waals surface area contributed by atoms with Crippen LogP contribution in [0.4, 0.5) is 0 Å². The largest absolute Gasteiger partial charge is 0.481 e. The fraction of sp³-hybridized carbons (Fsp3) is 0.364. The van der Waals surface area contributed by atoms with E-state index in [4.69, 9.17) is 39.9 Å². The van der Waals surface area contributed by atoms with Gasteiger partial charge in [0.15, 0.2) is 0 Å². The number of carbonyl (C=O) groups is 1. The zero-order chi connectivity index (χ0) is 15.5. The van der Waals surface area contributed by atoms with E-state index in [0.29, 0.717) is 0 Å². The van der Waals surface area contributed by atoms with Gasteiger partial charge < -0.3 is 5.11 Å². The summed E-state index contributed by atoms with van der Waals surface area (Å²) in [6.45, 7) is 1.53. The first kappa shape index (κ1) is 17.5. The smallest absolute Gasteiger partial charge is 0.304 e. The van der Waals surface area contributed by atoms with Crippen molar-refractivity contribution in [2.45, 2.75) is 18.2 Å². The highest BCUT2D eigenvalue weighted by Gasteiger charge is 2.28. The molecule has 0 atom stereocenters. The number of halogens is 3. The summed E-state index contributed by atoms with van der Waals surface area (Å²) in [6.07, 6.45) is -0.310. The number of carboxylic acids is 1. The molecule has 1 aromatic carbocycles. The van der Waals surface area contributed by atoms with Crippen LogP contribution in [0.2, 0.25) is 15.1 Å². The van der Waals surface area contributed by atoms with Crippen LogP contribution in [0.3, 0.4) is 0 Å². The Morgan fingerprint density at radius 2 is 1.75 bits per heavy atom. The van der Waals surface area contributed by atoms with Crippen LogP contribution in [-0.2, 0) is 14.8 Å². The Kier molecular flexibility index (Phi) is 6.09. The van der Waals surface area contributed by atoms with Crippen LogP contribution < -0.4 is 0 Å². The van der Waals surface area contributed by atoms with Crippen molar-refractivity contribution in [2.75, 3.05) is 13.1 Å². The van der Waals surface area contributed by atoms with Crippen LogP contribution in [0.15, 0.2) is 17.0 Å². The monoisotopic (exact) mass is 359 g/mol. The van der Waals surface area contributed by atoms with Gasteiger partial charge in [-0.2, -0.15) is 4.31 Å². The summed E-state index contributed by atoms with van der Waals surface area (Å²) in [5, 5.41) is 8.66. The molecule has 0 aliphatic rings. The molecular formula is C11H12Cl3NO4S. The zero-order valence-corrected chi connectivity index (χ0v) is 13.5. The van der Waals surface area contributed by atoms with E-state index in [9.17, 15) is 13.2 Å². The Balaban J connectivity index is 3.24. The third-order valence-electron chi connectivity index (χ3n) is 2.49. The average molecular weight is 361 g/mol. The number of rotatable bonds is 6. The molecule has 0 heterocycles. The van der Waals surface area contributed by atoms with E-state index in [0.717, 1.165) is 4.31 Å². The standard InChI is InChI=1S/C11H12Cl3NO4S/c1-2-15(4-3-10(16)17)20(18,19)11-8(13)5-7(12)6-9(11)14/h5-6H,2-4H2,1H3,(H,16,17). The molecule has 0 aliphatic heterocycles. The van der Waals surface area contributed by atoms with E-state index in [2.05, 4.69) is 0 Å². The number of nitrogens with zero attached hydrogens (tertiary/aromatic N) is 1. The van der Waals surface area contributed by atoms with Crippen LogP contribution in [-0.4, -0.2) is 36.9 Å². The van der Waals surface area contributed by atoms with Crippen LogP contribution in [0.25, 0.3) is 0 Å². The molecule has 0 aromatic heterocycles. The molecule has 0 saturated carbocycles. The first-order valence-electron chi connectivity index (χ1n) is 5.56. The minimum Gasteiger partial charge on any atom is -0.481 e. The van der Waals surface area contributed by atoms with Gasteiger partial charge in [0.2, 0.25) is 10.0 Å². The lowest BCUT2D eigenvalue weighted by atomic mass is 10.4. The molecule has 1 aromatic rings. The Bertz CT molecular complexity index is 595. The van der Waals surface area contributed by atoms with Crippen LogP contribution in [0, 0.1) is 0 Å². The SMILES string of the molecule is CCN(CCC(=O)O)S(=O)(=O)c1c(Cl)cc(Cl)cc1Cl. The van der Waals surface area contributed by atoms with Gasteiger partial charge >= 0.3 is 5.97 Å². The van der Waals surface area contributed by atoms with Crippen molar-refractivity contribution >= 4 is 50.8 Å². The number of sulfonamides is 1. The molecular weight excluding hydrogens is 349 g/mol. The summed E-state index contributed by atoms with van der Waals surface area (Å²) in [5.74, 6) is -1.09. The molecule has 20 heavy (non-hydrogen) atoms. The van der Waals surface area contributed by atoms with Crippen LogP contribution in [0.5, 0.6) is 0 Å². The average Bonchev–Trinajstić information content (AvgIpc) is 2.26. The minimum atomic E-state index is -3.98. The van der Waals surface area contributed by atoms with E-state index in [1.807, 2.05) is 0 Å². The fourth-order valence-corrected chi connectivity index (χ4v) is 4.52. The van der Waals surface area contributed by atoms with Gasteiger partial charge in [-0.25, -0.2) is 8.42 Å². The normalized spacial score (nSPS) is 11.8. The Morgan fingerprint density at radius 3 is 2.15 bits per heavy atom. The fourth-order valence-electron chi connectivity index (χ4n) is 1.57. The molecule has 0 unspecified atom stereocenters. The van der Waals surface area contributed by atoms with Crippen molar-refractivity contribution in [1.29, 1.82) is 0 Å². The summed E-state index contributed by atoms with van der Waals surface area (Å²) >= 11 is 17.5. The molecule has 0 spiro atoms. The lowest BCUT2D eigenvalue weighted by Crippen LogP contribution is -2.33. The molecule has 1 rings (SSSR count). The quantitative estimate of drug-likeness (QED) is 0.845. The highest BCUT2D eigenvalue weighted by atomic mass is 35.5. The topological polar surface area (TPSA) is 74.7 Å². The van der Waals surface area contributed by atoms with Gasteiger partial charge in [0.05, 0.1) is 16.5 Å². The predicted molar refractivity (Wildman–Crippen MR) is 78.2 cm³/mol. The van der Waals surface area contributed by atoms with Gasteiger partial charge in [-0.15, -0.1) is 0 Å². The molecule has 0 aliphatic carbocycles. The predicted octanol–water partition coefficient (Wildman–Crippen LogP) is 3.13. The zero-order valence-electron chi connectivity index (χ0n) is 10.4. The maximum atomic E-state index is 12.4. The van der Waals surface area contributed by atoms with Gasteiger partial charge in [-0.1, -0.05) is 41.7 Å². The highest BCUT2D eigenvalue weighted by Crippen LogP contribution is 2.34. The van der Waals surface area contributed by atoms with E-state index < -0.39 is 16.0 Å². The van der Waals surface area contributed by atoms with Crippen molar-refractivity contribution in [1.82, 2.24) is 4.31 Å². The van der Waals surface area contributed by atoms with Gasteiger partial charge in [-0.3, -0.25) is 4.79 Å². The van der Waals surface area contributed by atoms with Gasteiger partial charge in [-0.05, 0) is 12.1 Å². The van der Waals surface area contributed by atoms with Crippen molar-refractivity contribution < 1.29 is 18.3 Å². The summed E-state index contributed by atoms with van der Waals surface area (Å²) in [4.78, 5) is 10.3. The van der Waals surface area contributed by atoms with Crippen molar-refractivity contribution in [3.63, 3.8) is 0 Å². The third-order valence-corrected chi connectivity index (χ3v) is 5.60. The molecule has 0 bridgehead atoms. The second-order valence-corrected chi connectivity index (χ2v) is 6.96. The van der Waals surface area contributed by atoms with E-state index in [1.54, 1.807) is 6.92 Å². The second kappa shape index (κ2) is 6.95. The van der Waals surface area contributed by atoms with Gasteiger partial charge in [0.1, 0.15) is 4.90 Å². The first-order chi connectivity index (χ1) is 9.20. The summed E-state index contributed by atoms with van der Waals surface area (Å²) in [6, 6.07) is 2.54. The van der Waals surface area contributed by atoms with E-state index in [1.165, 1.54) is 12.1 Å². The summed E-state index contributed by atoms with van der Waals surface area (Å²) < 4.78 is 25.9. The molecule has 1 N–H and O–H groups in total. The second-order valence-electron chi connectivity index (χ2n) is 3.84. The van der Waals surface area contributed by atoms with Crippen LogP contribution in [0.1, 0.15) is 13.3 Å². The molecule has 9 heteroatoms. The molecule has 5 nitrogen and oxygen atoms in total. The van der Waals surface area contributed by atoms with Gasteiger partial charge in [0, 0.05) is 18.1 Å². The van der Waals surface area contributed by atoms with Crippen LogP contribution >= 0.6 is 34.8 Å². The number of aliphatic carboxylic acids is 1. The summed E-state index contributed by atoms with van der Waals surface area (Å²) in [5.41, 5.74) is 0. The van der Waals surface area contributed by atoms with Crippen molar-refractivity contribution in [3.8, 4) is 0 Å². The molecule has 0 radical (unpaired) electrons. The Morgan fingerprint density at radius 1 is 1.25 bits per heavy atom. The number of hydrogen-bond donors (Lipinski definition) is 1. The van der Waals surface area contributed by atoms with Crippen molar-refractivity contribution in [3.05, 3.63) is 27.2 Å². The molecule has 0 saturated heterocycles. The summed E-state index contributed by atoms with van der Waals surface area (Å²) in [7, 11) is -3.98. The minimum absolute atomic E-state index is 0.101. The lowest BCUT2D eigenvalue weighted by molar-refractivity contribution is -0.137. The van der Waals surface area contributed by atoms with Gasteiger partial charge in [0.25, 0.3) is 0 Å². The Hall–Kier alpha value is -0.530.